The molecule has 1 saturated heterocycles. The number of aromatic nitrogens is 2. The van der Waals surface area contributed by atoms with Crippen molar-refractivity contribution < 1.29 is 0 Å². The Balaban J connectivity index is 1.86. The zero-order valence-electron chi connectivity index (χ0n) is 12.7. The highest BCUT2D eigenvalue weighted by Gasteiger charge is 2.24. The van der Waals surface area contributed by atoms with Gasteiger partial charge >= 0.3 is 0 Å². The summed E-state index contributed by atoms with van der Waals surface area (Å²) >= 11 is 2.05. The molecule has 2 aromatic rings. The molecular weight excluding hydrogens is 266 g/mol. The molecule has 2 atom stereocenters. The number of fused-ring (bicyclic) bond motifs is 1. The van der Waals surface area contributed by atoms with Gasteiger partial charge in [-0.2, -0.15) is 11.8 Å². The molecule has 0 radical (unpaired) electrons. The summed E-state index contributed by atoms with van der Waals surface area (Å²) in [6.45, 7) is 8.85. The number of benzene rings is 1. The van der Waals surface area contributed by atoms with Gasteiger partial charge in [-0.05, 0) is 30.4 Å². The van der Waals surface area contributed by atoms with Crippen LogP contribution in [0, 0.1) is 0 Å². The summed E-state index contributed by atoms with van der Waals surface area (Å²) in [6, 6.07) is 7.02. The van der Waals surface area contributed by atoms with Crippen molar-refractivity contribution in [2.45, 2.75) is 50.8 Å². The molecule has 0 spiro atoms. The summed E-state index contributed by atoms with van der Waals surface area (Å²) in [5, 5.41) is 4.35. The number of hydrogen-bond acceptors (Lipinski definition) is 3. The number of hydrogen-bond donors (Lipinski definition) is 2. The van der Waals surface area contributed by atoms with Crippen LogP contribution in [0.25, 0.3) is 11.0 Å². The molecule has 108 valence electrons. The monoisotopic (exact) mass is 289 g/mol. The van der Waals surface area contributed by atoms with Gasteiger partial charge in [0, 0.05) is 22.4 Å². The fourth-order valence-electron chi connectivity index (χ4n) is 2.59. The third-order valence-electron chi connectivity index (χ3n) is 3.92. The average molecular weight is 289 g/mol. The van der Waals surface area contributed by atoms with Gasteiger partial charge in [0.2, 0.25) is 0 Å². The van der Waals surface area contributed by atoms with E-state index < -0.39 is 0 Å². The number of nitrogens with zero attached hydrogens (tertiary/aromatic N) is 1. The second-order valence-electron chi connectivity index (χ2n) is 6.68. The van der Waals surface area contributed by atoms with E-state index in [-0.39, 0.29) is 5.41 Å². The number of rotatable bonds is 2. The third kappa shape index (κ3) is 2.66. The van der Waals surface area contributed by atoms with Gasteiger partial charge < -0.3 is 10.3 Å². The van der Waals surface area contributed by atoms with E-state index in [1.807, 2.05) is 0 Å². The van der Waals surface area contributed by atoms with Crippen LogP contribution >= 0.6 is 11.8 Å². The molecule has 3 nitrogen and oxygen atoms in total. The second kappa shape index (κ2) is 4.99. The number of anilines is 1. The highest BCUT2D eigenvalue weighted by atomic mass is 32.2. The number of thioether (sulfide) groups is 1. The molecule has 1 aromatic heterocycles. The van der Waals surface area contributed by atoms with E-state index in [0.29, 0.717) is 11.3 Å². The quantitative estimate of drug-likeness (QED) is 0.872. The Morgan fingerprint density at radius 3 is 2.80 bits per heavy atom. The van der Waals surface area contributed by atoms with Gasteiger partial charge in [0.1, 0.15) is 5.82 Å². The first-order chi connectivity index (χ1) is 9.43. The first kappa shape index (κ1) is 13.8. The Morgan fingerprint density at radius 1 is 1.35 bits per heavy atom. The van der Waals surface area contributed by atoms with Crippen molar-refractivity contribution >= 4 is 28.5 Å². The lowest BCUT2D eigenvalue weighted by Crippen LogP contribution is -2.24. The lowest BCUT2D eigenvalue weighted by Gasteiger charge is -2.17. The Labute approximate surface area is 124 Å². The molecule has 1 aliphatic heterocycles. The van der Waals surface area contributed by atoms with Crippen LogP contribution in [0.3, 0.4) is 0 Å². The van der Waals surface area contributed by atoms with Crippen LogP contribution in [0.1, 0.15) is 39.9 Å². The van der Waals surface area contributed by atoms with E-state index in [9.17, 15) is 0 Å². The van der Waals surface area contributed by atoms with Gasteiger partial charge in [-0.15, -0.1) is 0 Å². The van der Waals surface area contributed by atoms with Gasteiger partial charge in [0.05, 0.1) is 11.0 Å². The van der Waals surface area contributed by atoms with Crippen LogP contribution in [0.5, 0.6) is 0 Å². The molecule has 1 aliphatic rings. The number of nitrogens with one attached hydrogen (secondary N) is 2. The highest BCUT2D eigenvalue weighted by Crippen LogP contribution is 2.30. The minimum absolute atomic E-state index is 0.0587. The summed E-state index contributed by atoms with van der Waals surface area (Å²) in [5.74, 6) is 2.31. The molecule has 2 unspecified atom stereocenters. The summed E-state index contributed by atoms with van der Waals surface area (Å²) in [7, 11) is 0. The smallest absolute Gasteiger partial charge is 0.112 e. The maximum absolute atomic E-state index is 4.68. The zero-order chi connectivity index (χ0) is 14.3. The van der Waals surface area contributed by atoms with Crippen molar-refractivity contribution in [3.63, 3.8) is 0 Å². The van der Waals surface area contributed by atoms with Gasteiger partial charge in [-0.25, -0.2) is 4.98 Å². The predicted octanol–water partition coefficient (Wildman–Crippen LogP) is 4.17. The Bertz CT molecular complexity index is 612. The SMILES string of the molecule is CC1SCCC1Nc1ccc2nc(C(C)(C)C)[nH]c2c1. The number of imidazole rings is 1. The van der Waals surface area contributed by atoms with Crippen LogP contribution in [-0.2, 0) is 5.41 Å². The van der Waals surface area contributed by atoms with E-state index in [1.54, 1.807) is 0 Å². The fraction of sp³-hybridized carbons (Fsp3) is 0.562. The van der Waals surface area contributed by atoms with Crippen molar-refractivity contribution in [2.24, 2.45) is 0 Å². The van der Waals surface area contributed by atoms with Crippen molar-refractivity contribution in [3.05, 3.63) is 24.0 Å². The predicted molar refractivity (Wildman–Crippen MR) is 88.7 cm³/mol. The maximum Gasteiger partial charge on any atom is 0.112 e. The third-order valence-corrected chi connectivity index (χ3v) is 5.25. The number of H-pyrrole nitrogens is 1. The second-order valence-corrected chi connectivity index (χ2v) is 8.17. The van der Waals surface area contributed by atoms with E-state index in [2.05, 4.69) is 72.9 Å². The Kier molecular flexibility index (Phi) is 3.44. The van der Waals surface area contributed by atoms with Crippen LogP contribution in [0.4, 0.5) is 5.69 Å². The van der Waals surface area contributed by atoms with Crippen LogP contribution in [0.2, 0.25) is 0 Å². The molecule has 0 amide bonds. The van der Waals surface area contributed by atoms with Crippen molar-refractivity contribution in [2.75, 3.05) is 11.1 Å². The van der Waals surface area contributed by atoms with Crippen LogP contribution < -0.4 is 5.32 Å². The first-order valence-electron chi connectivity index (χ1n) is 7.32. The molecule has 1 fully saturated rings. The summed E-state index contributed by atoms with van der Waals surface area (Å²) in [6.07, 6.45) is 1.25. The van der Waals surface area contributed by atoms with Gasteiger partial charge in [0.15, 0.2) is 0 Å². The van der Waals surface area contributed by atoms with Crippen molar-refractivity contribution in [3.8, 4) is 0 Å². The lowest BCUT2D eigenvalue weighted by molar-refractivity contribution is 0.554. The van der Waals surface area contributed by atoms with E-state index in [0.717, 1.165) is 16.9 Å². The van der Waals surface area contributed by atoms with Gasteiger partial charge in [-0.3, -0.25) is 0 Å². The molecule has 20 heavy (non-hydrogen) atoms. The van der Waals surface area contributed by atoms with Gasteiger partial charge in [-0.1, -0.05) is 27.7 Å². The lowest BCUT2D eigenvalue weighted by atomic mass is 9.96. The first-order valence-corrected chi connectivity index (χ1v) is 8.37. The normalized spacial score (nSPS) is 23.4. The molecule has 1 aromatic carbocycles. The molecular formula is C16H23N3S. The topological polar surface area (TPSA) is 40.7 Å². The standard InChI is InChI=1S/C16H23N3S/c1-10-12(7-8-20-10)17-11-5-6-13-14(9-11)19-15(18-13)16(2,3)4/h5-6,9-10,12,17H,7-8H2,1-4H3,(H,18,19). The fourth-order valence-corrected chi connectivity index (χ4v) is 3.79. The largest absolute Gasteiger partial charge is 0.381 e. The summed E-state index contributed by atoms with van der Waals surface area (Å²) in [4.78, 5) is 8.14. The van der Waals surface area contributed by atoms with Crippen LogP contribution in [0.15, 0.2) is 18.2 Å². The average Bonchev–Trinajstić information content (AvgIpc) is 2.95. The molecule has 3 rings (SSSR count). The molecule has 2 N–H and O–H groups in total. The molecule has 0 bridgehead atoms. The molecule has 0 saturated carbocycles. The van der Waals surface area contributed by atoms with E-state index in [1.165, 1.54) is 17.9 Å². The van der Waals surface area contributed by atoms with Crippen molar-refractivity contribution in [1.82, 2.24) is 9.97 Å². The molecule has 0 aliphatic carbocycles. The summed E-state index contributed by atoms with van der Waals surface area (Å²) < 4.78 is 0. The maximum atomic E-state index is 4.68. The van der Waals surface area contributed by atoms with Crippen LogP contribution in [-0.4, -0.2) is 27.0 Å². The zero-order valence-corrected chi connectivity index (χ0v) is 13.5. The van der Waals surface area contributed by atoms with E-state index >= 15 is 0 Å². The Morgan fingerprint density at radius 2 is 2.15 bits per heavy atom. The van der Waals surface area contributed by atoms with Crippen molar-refractivity contribution in [1.29, 1.82) is 0 Å². The van der Waals surface area contributed by atoms with E-state index in [4.69, 9.17) is 0 Å². The Hall–Kier alpha value is -1.16. The summed E-state index contributed by atoms with van der Waals surface area (Å²) in [5.41, 5.74) is 3.43. The van der Waals surface area contributed by atoms with Gasteiger partial charge in [0.25, 0.3) is 0 Å². The molecule has 2 heterocycles. The highest BCUT2D eigenvalue weighted by molar-refractivity contribution is 8.00. The molecule has 4 heteroatoms. The number of aromatic amines is 1. The minimum Gasteiger partial charge on any atom is -0.381 e. The minimum atomic E-state index is 0.0587.